The van der Waals surface area contributed by atoms with Crippen molar-refractivity contribution in [1.29, 1.82) is 0 Å². The molecule has 0 saturated heterocycles. The van der Waals surface area contributed by atoms with Crippen LogP contribution in [-0.2, 0) is 6.54 Å². The minimum absolute atomic E-state index is 0.739. The lowest BCUT2D eigenvalue weighted by atomic mass is 10.2. The van der Waals surface area contributed by atoms with Crippen molar-refractivity contribution in [2.45, 2.75) is 13.0 Å². The van der Waals surface area contributed by atoms with Crippen molar-refractivity contribution >= 4 is 17.3 Å². The Bertz CT molecular complexity index is 325. The summed E-state index contributed by atoms with van der Waals surface area (Å²) >= 11 is 5.20. The van der Waals surface area contributed by atoms with E-state index in [0.717, 1.165) is 31.2 Å². The normalized spacial score (nSPS) is 10.3. The molecule has 0 spiro atoms. The Balaban J connectivity index is 2.09. The highest BCUT2D eigenvalue weighted by molar-refractivity contribution is 7.80. The van der Waals surface area contributed by atoms with Gasteiger partial charge in [0.25, 0.3) is 0 Å². The van der Waals surface area contributed by atoms with E-state index in [-0.39, 0.29) is 0 Å². The topological polar surface area (TPSA) is 28.5 Å². The Morgan fingerprint density at radius 3 is 2.53 bits per heavy atom. The maximum atomic E-state index is 5.20. The Labute approximate surface area is 109 Å². The predicted octanol–water partition coefficient (Wildman–Crippen LogP) is 0.185. The number of hydrogen-bond donors (Lipinski definition) is 3. The molecule has 3 nitrogen and oxygen atoms in total. The van der Waals surface area contributed by atoms with Gasteiger partial charge in [-0.15, -0.1) is 0 Å². The monoisotopic (exact) mass is 252 g/mol. The fourth-order valence-electron chi connectivity index (χ4n) is 1.48. The minimum atomic E-state index is 0.739. The van der Waals surface area contributed by atoms with E-state index in [0.29, 0.717) is 0 Å². The van der Waals surface area contributed by atoms with Crippen LogP contribution in [0.4, 0.5) is 0 Å². The van der Waals surface area contributed by atoms with E-state index >= 15 is 0 Å². The van der Waals surface area contributed by atoms with Crippen LogP contribution in [0, 0.1) is 0 Å². The minimum Gasteiger partial charge on any atom is -0.363 e. The lowest BCUT2D eigenvalue weighted by molar-refractivity contribution is -0.858. The molecule has 0 bridgehead atoms. The highest BCUT2D eigenvalue weighted by Crippen LogP contribution is 1.96. The lowest BCUT2D eigenvalue weighted by Gasteiger charge is -2.11. The molecule has 0 unspecified atom stereocenters. The number of thiocarbonyl (C=S) groups is 1. The molecule has 1 rings (SSSR count). The average Bonchev–Trinajstić information content (AvgIpc) is 2.33. The second-order valence-electron chi connectivity index (χ2n) is 4.41. The second-order valence-corrected chi connectivity index (χ2v) is 4.81. The van der Waals surface area contributed by atoms with Gasteiger partial charge in [0.1, 0.15) is 0 Å². The molecule has 4 heteroatoms. The fraction of sp³-hybridized carbons (Fsp3) is 0.462. The largest absolute Gasteiger partial charge is 0.363 e. The van der Waals surface area contributed by atoms with E-state index in [4.69, 9.17) is 12.2 Å². The molecular weight excluding hydrogens is 230 g/mol. The summed E-state index contributed by atoms with van der Waals surface area (Å²) in [5.74, 6) is 0. The van der Waals surface area contributed by atoms with Crippen LogP contribution in [0.3, 0.4) is 0 Å². The number of rotatable bonds is 6. The smallest absolute Gasteiger partial charge is 0.166 e. The molecule has 0 aliphatic rings. The van der Waals surface area contributed by atoms with Crippen LogP contribution in [0.5, 0.6) is 0 Å². The zero-order valence-corrected chi connectivity index (χ0v) is 11.4. The maximum absolute atomic E-state index is 5.20. The first kappa shape index (κ1) is 13.9. The van der Waals surface area contributed by atoms with Gasteiger partial charge in [-0.1, -0.05) is 30.3 Å². The Morgan fingerprint density at radius 2 is 1.88 bits per heavy atom. The van der Waals surface area contributed by atoms with E-state index in [9.17, 15) is 0 Å². The number of hydrogen-bond acceptors (Lipinski definition) is 1. The van der Waals surface area contributed by atoms with E-state index in [1.54, 1.807) is 0 Å². The van der Waals surface area contributed by atoms with E-state index < -0.39 is 0 Å². The molecule has 0 radical (unpaired) electrons. The molecule has 0 atom stereocenters. The SMILES string of the molecule is C[NH+](C)CCCNC(=S)NCc1ccccc1. The molecule has 1 aromatic rings. The van der Waals surface area contributed by atoms with Crippen molar-refractivity contribution in [3.8, 4) is 0 Å². The highest BCUT2D eigenvalue weighted by Gasteiger charge is 1.97. The summed E-state index contributed by atoms with van der Waals surface area (Å²) in [6.07, 6.45) is 1.13. The molecular formula is C13H22N3S+. The van der Waals surface area contributed by atoms with Crippen molar-refractivity contribution in [1.82, 2.24) is 10.6 Å². The Kier molecular flexibility index (Phi) is 6.58. The zero-order chi connectivity index (χ0) is 12.5. The van der Waals surface area contributed by atoms with Crippen LogP contribution >= 0.6 is 12.2 Å². The molecule has 17 heavy (non-hydrogen) atoms. The van der Waals surface area contributed by atoms with Crippen molar-refractivity contribution in [2.75, 3.05) is 27.2 Å². The summed E-state index contributed by atoms with van der Waals surface area (Å²) in [7, 11) is 4.32. The summed E-state index contributed by atoms with van der Waals surface area (Å²) in [6.45, 7) is 2.88. The Hall–Kier alpha value is -1.13. The first-order valence-electron chi connectivity index (χ1n) is 6.03. The van der Waals surface area contributed by atoms with Crippen molar-refractivity contribution in [2.24, 2.45) is 0 Å². The van der Waals surface area contributed by atoms with Gasteiger partial charge in [0.2, 0.25) is 0 Å². The standard InChI is InChI=1S/C13H21N3S/c1-16(2)10-6-9-14-13(17)15-11-12-7-4-3-5-8-12/h3-5,7-8H,6,9-11H2,1-2H3,(H2,14,15,17)/p+1. The van der Waals surface area contributed by atoms with Gasteiger partial charge >= 0.3 is 0 Å². The van der Waals surface area contributed by atoms with Crippen LogP contribution in [0.1, 0.15) is 12.0 Å². The van der Waals surface area contributed by atoms with Crippen molar-refractivity contribution in [3.63, 3.8) is 0 Å². The summed E-state index contributed by atoms with van der Waals surface area (Å²) in [4.78, 5) is 1.47. The molecule has 0 heterocycles. The molecule has 0 aromatic heterocycles. The van der Waals surface area contributed by atoms with Crippen LogP contribution in [0.25, 0.3) is 0 Å². The molecule has 0 fully saturated rings. The zero-order valence-electron chi connectivity index (χ0n) is 10.6. The number of nitrogens with one attached hydrogen (secondary N) is 3. The van der Waals surface area contributed by atoms with E-state index in [1.807, 2.05) is 18.2 Å². The van der Waals surface area contributed by atoms with E-state index in [2.05, 4.69) is 36.9 Å². The van der Waals surface area contributed by atoms with Crippen molar-refractivity contribution in [3.05, 3.63) is 35.9 Å². The van der Waals surface area contributed by atoms with Crippen LogP contribution < -0.4 is 15.5 Å². The summed E-state index contributed by atoms with van der Waals surface area (Å²) < 4.78 is 0. The van der Waals surface area contributed by atoms with Crippen LogP contribution in [0.2, 0.25) is 0 Å². The first-order valence-corrected chi connectivity index (χ1v) is 6.44. The molecule has 3 N–H and O–H groups in total. The predicted molar refractivity (Wildman–Crippen MR) is 76.2 cm³/mol. The summed E-state index contributed by atoms with van der Waals surface area (Å²) in [6, 6.07) is 10.3. The second kappa shape index (κ2) is 8.03. The van der Waals surface area contributed by atoms with Gasteiger partial charge in [-0.2, -0.15) is 0 Å². The van der Waals surface area contributed by atoms with Gasteiger partial charge in [0.15, 0.2) is 5.11 Å². The first-order chi connectivity index (χ1) is 8.18. The third-order valence-electron chi connectivity index (χ3n) is 2.44. The molecule has 0 saturated carbocycles. The highest BCUT2D eigenvalue weighted by atomic mass is 32.1. The third-order valence-corrected chi connectivity index (χ3v) is 2.72. The maximum Gasteiger partial charge on any atom is 0.166 e. The van der Waals surface area contributed by atoms with Gasteiger partial charge in [0.05, 0.1) is 20.6 Å². The van der Waals surface area contributed by atoms with Crippen molar-refractivity contribution < 1.29 is 4.90 Å². The average molecular weight is 252 g/mol. The molecule has 0 aliphatic carbocycles. The fourth-order valence-corrected chi connectivity index (χ4v) is 1.66. The summed E-state index contributed by atoms with van der Waals surface area (Å²) in [5, 5.41) is 7.15. The molecule has 0 aliphatic heterocycles. The molecule has 1 aromatic carbocycles. The van der Waals surface area contributed by atoms with Gasteiger partial charge in [-0.05, 0) is 17.8 Å². The van der Waals surface area contributed by atoms with Gasteiger partial charge in [0, 0.05) is 19.5 Å². The molecule has 0 amide bonds. The van der Waals surface area contributed by atoms with Gasteiger partial charge in [-0.25, -0.2) is 0 Å². The number of quaternary nitrogens is 1. The Morgan fingerprint density at radius 1 is 1.18 bits per heavy atom. The lowest BCUT2D eigenvalue weighted by Crippen LogP contribution is -3.05. The third kappa shape index (κ3) is 6.92. The van der Waals surface area contributed by atoms with E-state index in [1.165, 1.54) is 10.5 Å². The molecule has 94 valence electrons. The van der Waals surface area contributed by atoms with Crippen LogP contribution in [0.15, 0.2) is 30.3 Å². The quantitative estimate of drug-likeness (QED) is 0.498. The number of benzene rings is 1. The van der Waals surface area contributed by atoms with Gasteiger partial charge < -0.3 is 15.5 Å². The van der Waals surface area contributed by atoms with Gasteiger partial charge in [-0.3, -0.25) is 0 Å². The van der Waals surface area contributed by atoms with Crippen LogP contribution in [-0.4, -0.2) is 32.3 Å². The summed E-state index contributed by atoms with van der Waals surface area (Å²) in [5.41, 5.74) is 1.24.